The number of aromatic nitrogens is 1. The van der Waals surface area contributed by atoms with Crippen LogP contribution in [-0.2, 0) is 11.3 Å². The first-order chi connectivity index (χ1) is 15.2. The highest BCUT2D eigenvalue weighted by Crippen LogP contribution is 2.29. The summed E-state index contributed by atoms with van der Waals surface area (Å²) in [5.74, 6) is 0.401. The van der Waals surface area contributed by atoms with Gasteiger partial charge in [-0.05, 0) is 71.3 Å². The molecule has 154 valence electrons. The van der Waals surface area contributed by atoms with E-state index in [1.54, 1.807) is 36.6 Å². The van der Waals surface area contributed by atoms with Crippen molar-refractivity contribution >= 4 is 17.3 Å². The fourth-order valence-electron chi connectivity index (χ4n) is 3.20. The number of nitriles is 1. The average molecular weight is 429 g/mol. The minimum absolute atomic E-state index is 0.336. The number of hydrogen-bond acceptors (Lipinski definition) is 5. The first-order valence-corrected chi connectivity index (χ1v) is 10.8. The summed E-state index contributed by atoms with van der Waals surface area (Å²) in [4.78, 5) is 11.9. The summed E-state index contributed by atoms with van der Waals surface area (Å²) >= 11 is 1.64. The van der Waals surface area contributed by atoms with Crippen molar-refractivity contribution in [2.45, 2.75) is 13.5 Å². The van der Waals surface area contributed by atoms with Crippen molar-refractivity contribution in [3.05, 3.63) is 94.4 Å². The van der Waals surface area contributed by atoms with Crippen molar-refractivity contribution in [1.82, 2.24) is 4.57 Å². The van der Waals surface area contributed by atoms with Gasteiger partial charge in [0, 0.05) is 23.6 Å². The maximum atomic E-state index is 11.9. The lowest BCUT2D eigenvalue weighted by atomic mass is 10.1. The van der Waals surface area contributed by atoms with Gasteiger partial charge >= 0.3 is 5.97 Å². The molecule has 0 bridgehead atoms. The Bertz CT molecular complexity index is 1220. The lowest BCUT2D eigenvalue weighted by molar-refractivity contribution is 0.0526. The third-order valence-electron chi connectivity index (χ3n) is 4.75. The van der Waals surface area contributed by atoms with E-state index in [4.69, 9.17) is 9.47 Å². The monoisotopic (exact) mass is 428 g/mol. The standard InChI is InChI=1S/C25H20N2O3S/c1-2-29-25(28)19-6-8-22(9-7-19)27-14-21(13-26)24(15-27)20-4-3-5-23(12-20)30-16-18-10-11-31-17-18/h3-12,14-15,17H,2,16H2,1H3. The highest BCUT2D eigenvalue weighted by Gasteiger charge is 2.12. The number of rotatable bonds is 7. The molecule has 6 heteroatoms. The van der Waals surface area contributed by atoms with Crippen LogP contribution in [0.25, 0.3) is 16.8 Å². The van der Waals surface area contributed by atoms with E-state index in [1.165, 1.54) is 0 Å². The maximum Gasteiger partial charge on any atom is 0.338 e. The van der Waals surface area contributed by atoms with E-state index in [2.05, 4.69) is 11.4 Å². The van der Waals surface area contributed by atoms with Crippen molar-refractivity contribution in [1.29, 1.82) is 5.26 Å². The van der Waals surface area contributed by atoms with Crippen LogP contribution in [0, 0.1) is 11.3 Å². The Morgan fingerprint density at radius 2 is 1.97 bits per heavy atom. The van der Waals surface area contributed by atoms with Crippen molar-refractivity contribution in [2.75, 3.05) is 6.61 Å². The topological polar surface area (TPSA) is 64.2 Å². The number of carbonyl (C=O) groups excluding carboxylic acids is 1. The Morgan fingerprint density at radius 3 is 2.68 bits per heavy atom. The third-order valence-corrected chi connectivity index (χ3v) is 5.49. The summed E-state index contributed by atoms with van der Waals surface area (Å²) in [6.07, 6.45) is 3.70. The van der Waals surface area contributed by atoms with Gasteiger partial charge in [0.2, 0.25) is 0 Å². The van der Waals surface area contributed by atoms with Crippen molar-refractivity contribution in [3.8, 4) is 28.6 Å². The second-order valence-corrected chi connectivity index (χ2v) is 7.60. The summed E-state index contributed by atoms with van der Waals surface area (Å²) in [7, 11) is 0. The molecule has 0 aliphatic rings. The molecule has 0 aliphatic heterocycles. The SMILES string of the molecule is CCOC(=O)c1ccc(-n2cc(C#N)c(-c3cccc(OCc4ccsc4)c3)c2)cc1. The largest absolute Gasteiger partial charge is 0.489 e. The molecule has 2 aromatic carbocycles. The summed E-state index contributed by atoms with van der Waals surface area (Å²) in [6.45, 7) is 2.62. The molecular weight excluding hydrogens is 408 g/mol. The molecule has 0 unspecified atom stereocenters. The summed E-state index contributed by atoms with van der Waals surface area (Å²) in [5.41, 5.74) is 4.75. The number of carbonyl (C=O) groups is 1. The van der Waals surface area contributed by atoms with E-state index >= 15 is 0 Å². The highest BCUT2D eigenvalue weighted by molar-refractivity contribution is 7.07. The number of ether oxygens (including phenoxy) is 2. The van der Waals surface area contributed by atoms with Crippen LogP contribution in [0.2, 0.25) is 0 Å². The normalized spacial score (nSPS) is 10.5. The molecular formula is C25H20N2O3S. The molecule has 2 heterocycles. The summed E-state index contributed by atoms with van der Waals surface area (Å²) in [5, 5.41) is 13.7. The van der Waals surface area contributed by atoms with Crippen LogP contribution in [0.3, 0.4) is 0 Å². The van der Waals surface area contributed by atoms with Gasteiger partial charge in [0.05, 0.1) is 17.7 Å². The van der Waals surface area contributed by atoms with Gasteiger partial charge in [-0.1, -0.05) is 12.1 Å². The Hall–Kier alpha value is -3.82. The molecule has 5 nitrogen and oxygen atoms in total. The minimum atomic E-state index is -0.348. The lowest BCUT2D eigenvalue weighted by Gasteiger charge is -2.07. The van der Waals surface area contributed by atoms with Crippen LogP contribution in [0.1, 0.15) is 28.4 Å². The maximum absolute atomic E-state index is 11.9. The zero-order valence-electron chi connectivity index (χ0n) is 16.9. The fraction of sp³-hybridized carbons (Fsp3) is 0.120. The number of benzene rings is 2. The van der Waals surface area contributed by atoms with Gasteiger partial charge < -0.3 is 14.0 Å². The molecule has 0 saturated heterocycles. The van der Waals surface area contributed by atoms with E-state index < -0.39 is 0 Å². The van der Waals surface area contributed by atoms with Gasteiger partial charge in [0.15, 0.2) is 0 Å². The van der Waals surface area contributed by atoms with Gasteiger partial charge in [-0.15, -0.1) is 0 Å². The number of thiophene rings is 1. The van der Waals surface area contributed by atoms with Crippen LogP contribution >= 0.6 is 11.3 Å². The van der Waals surface area contributed by atoms with E-state index in [-0.39, 0.29) is 5.97 Å². The lowest BCUT2D eigenvalue weighted by Crippen LogP contribution is -2.04. The summed E-state index contributed by atoms with van der Waals surface area (Å²) in [6, 6.07) is 19.1. The van der Waals surface area contributed by atoms with Crippen LogP contribution < -0.4 is 4.74 Å². The highest BCUT2D eigenvalue weighted by atomic mass is 32.1. The minimum Gasteiger partial charge on any atom is -0.489 e. The molecule has 4 aromatic rings. The van der Waals surface area contributed by atoms with E-state index in [9.17, 15) is 10.1 Å². The van der Waals surface area contributed by atoms with Crippen LogP contribution in [-0.4, -0.2) is 17.1 Å². The van der Waals surface area contributed by atoms with E-state index in [1.807, 2.05) is 58.6 Å². The molecule has 0 aliphatic carbocycles. The van der Waals surface area contributed by atoms with Crippen LogP contribution in [0.15, 0.2) is 77.8 Å². The molecule has 0 radical (unpaired) electrons. The molecule has 31 heavy (non-hydrogen) atoms. The molecule has 0 fully saturated rings. The van der Waals surface area contributed by atoms with Crippen molar-refractivity contribution < 1.29 is 14.3 Å². The predicted octanol–water partition coefficient (Wildman–Crippen LogP) is 5.83. The fourth-order valence-corrected chi connectivity index (χ4v) is 3.85. The first-order valence-electron chi connectivity index (χ1n) is 9.82. The van der Waals surface area contributed by atoms with Crippen LogP contribution in [0.4, 0.5) is 0 Å². The Labute approximate surface area is 184 Å². The number of esters is 1. The van der Waals surface area contributed by atoms with Gasteiger partial charge in [0.1, 0.15) is 18.4 Å². The zero-order chi connectivity index (χ0) is 21.6. The van der Waals surface area contributed by atoms with Gasteiger partial charge in [0.25, 0.3) is 0 Å². The molecule has 2 aromatic heterocycles. The van der Waals surface area contributed by atoms with Crippen LogP contribution in [0.5, 0.6) is 5.75 Å². The third kappa shape index (κ3) is 4.68. The molecule has 0 saturated carbocycles. The van der Waals surface area contributed by atoms with Crippen molar-refractivity contribution in [2.24, 2.45) is 0 Å². The molecule has 0 amide bonds. The molecule has 4 rings (SSSR count). The van der Waals surface area contributed by atoms with E-state index in [0.717, 1.165) is 28.1 Å². The summed E-state index contributed by atoms with van der Waals surface area (Å²) < 4.78 is 12.8. The van der Waals surface area contributed by atoms with Crippen molar-refractivity contribution in [3.63, 3.8) is 0 Å². The second kappa shape index (κ2) is 9.33. The Kier molecular flexibility index (Phi) is 6.16. The predicted molar refractivity (Wildman–Crippen MR) is 121 cm³/mol. The number of hydrogen-bond donors (Lipinski definition) is 0. The quantitative estimate of drug-likeness (QED) is 0.347. The first kappa shape index (κ1) is 20.5. The van der Waals surface area contributed by atoms with Gasteiger partial charge in [-0.2, -0.15) is 16.6 Å². The van der Waals surface area contributed by atoms with Gasteiger partial charge in [-0.3, -0.25) is 0 Å². The van der Waals surface area contributed by atoms with E-state index in [0.29, 0.717) is 24.3 Å². The van der Waals surface area contributed by atoms with Gasteiger partial charge in [-0.25, -0.2) is 4.79 Å². The second-order valence-electron chi connectivity index (χ2n) is 6.82. The Morgan fingerprint density at radius 1 is 1.13 bits per heavy atom. The molecule has 0 N–H and O–H groups in total. The average Bonchev–Trinajstić information content (AvgIpc) is 3.48. The smallest absolute Gasteiger partial charge is 0.338 e. The molecule has 0 spiro atoms. The Balaban J connectivity index is 1.58. The molecule has 0 atom stereocenters. The number of nitrogens with zero attached hydrogens (tertiary/aromatic N) is 2. The zero-order valence-corrected chi connectivity index (χ0v) is 17.8.